The molecule has 336 valence electrons. The SMILES string of the molecule is CCCCCCCCCCCCCCCCC(CCCCCCCCCCCCCCCC)NC(=O)OC(C)(C)CC(C)(C)CC(C)(C)OCCC(C)(C)OC. The number of hydrogen-bond acceptors (Lipinski definition) is 4. The van der Waals surface area contributed by atoms with Crippen molar-refractivity contribution >= 4 is 6.09 Å². The molecule has 0 spiro atoms. The van der Waals surface area contributed by atoms with Crippen LogP contribution in [0.1, 0.15) is 281 Å². The van der Waals surface area contributed by atoms with Crippen molar-refractivity contribution in [2.24, 2.45) is 5.41 Å². The molecule has 0 fully saturated rings. The zero-order valence-electron chi connectivity index (χ0n) is 40.3. The van der Waals surface area contributed by atoms with Crippen LogP contribution in [0, 0.1) is 5.41 Å². The van der Waals surface area contributed by atoms with E-state index >= 15 is 0 Å². The number of methoxy groups -OCH3 is 1. The Bertz CT molecular complexity index is 849. The summed E-state index contributed by atoms with van der Waals surface area (Å²) in [6.45, 7) is 22.5. The minimum absolute atomic E-state index is 0.0635. The van der Waals surface area contributed by atoms with Crippen molar-refractivity contribution in [1.29, 1.82) is 0 Å². The third kappa shape index (κ3) is 36.3. The smallest absolute Gasteiger partial charge is 0.407 e. The fraction of sp³-hybridized carbons (Fsp3) is 0.980. The molecule has 0 saturated carbocycles. The second-order valence-corrected chi connectivity index (χ2v) is 20.6. The molecule has 0 aromatic rings. The van der Waals surface area contributed by atoms with E-state index in [1.807, 2.05) is 0 Å². The van der Waals surface area contributed by atoms with Crippen LogP contribution in [0.5, 0.6) is 0 Å². The highest BCUT2D eigenvalue weighted by atomic mass is 16.6. The summed E-state index contributed by atoms with van der Waals surface area (Å²) < 4.78 is 18.1. The molecular formula is C51H103NO4. The minimum atomic E-state index is -0.573. The van der Waals surface area contributed by atoms with Crippen LogP contribution in [-0.2, 0) is 14.2 Å². The van der Waals surface area contributed by atoms with Crippen LogP contribution in [-0.4, -0.2) is 42.7 Å². The molecule has 0 radical (unpaired) electrons. The topological polar surface area (TPSA) is 56.8 Å². The third-order valence-corrected chi connectivity index (χ3v) is 12.1. The molecule has 56 heavy (non-hydrogen) atoms. The molecule has 0 aromatic carbocycles. The quantitative estimate of drug-likeness (QED) is 0.0627. The molecule has 1 N–H and O–H groups in total. The molecule has 0 aromatic heterocycles. The van der Waals surface area contributed by atoms with Gasteiger partial charge >= 0.3 is 6.09 Å². The van der Waals surface area contributed by atoms with Gasteiger partial charge in [-0.1, -0.05) is 207 Å². The van der Waals surface area contributed by atoms with E-state index < -0.39 is 5.60 Å². The average molecular weight is 794 g/mol. The van der Waals surface area contributed by atoms with Crippen LogP contribution in [0.25, 0.3) is 0 Å². The number of rotatable bonds is 41. The Kier molecular flexibility index (Phi) is 33.5. The van der Waals surface area contributed by atoms with E-state index in [4.69, 9.17) is 14.2 Å². The maximum absolute atomic E-state index is 13.4. The largest absolute Gasteiger partial charge is 0.444 e. The Morgan fingerprint density at radius 3 is 1.12 bits per heavy atom. The molecule has 0 saturated heterocycles. The summed E-state index contributed by atoms with van der Waals surface area (Å²) in [6, 6.07) is 0.199. The minimum Gasteiger partial charge on any atom is -0.444 e. The molecule has 0 aliphatic carbocycles. The summed E-state index contributed by atoms with van der Waals surface area (Å²) >= 11 is 0. The Morgan fingerprint density at radius 1 is 0.464 bits per heavy atom. The van der Waals surface area contributed by atoms with Crippen LogP contribution in [0.4, 0.5) is 4.79 Å². The molecule has 0 rings (SSSR count). The predicted molar refractivity (Wildman–Crippen MR) is 246 cm³/mol. The van der Waals surface area contributed by atoms with Crippen molar-refractivity contribution in [3.05, 3.63) is 0 Å². The highest BCUT2D eigenvalue weighted by Crippen LogP contribution is 2.38. The second kappa shape index (κ2) is 34.0. The van der Waals surface area contributed by atoms with Crippen molar-refractivity contribution in [2.75, 3.05) is 13.7 Å². The van der Waals surface area contributed by atoms with Gasteiger partial charge in [0.1, 0.15) is 5.60 Å². The molecule has 0 aliphatic rings. The molecule has 0 heterocycles. The van der Waals surface area contributed by atoms with Gasteiger partial charge in [-0.3, -0.25) is 0 Å². The van der Waals surface area contributed by atoms with Gasteiger partial charge in [-0.05, 0) is 79.1 Å². The average Bonchev–Trinajstić information content (AvgIpc) is 3.10. The van der Waals surface area contributed by atoms with Gasteiger partial charge in [0, 0.05) is 13.2 Å². The normalized spacial score (nSPS) is 12.9. The van der Waals surface area contributed by atoms with Gasteiger partial charge < -0.3 is 19.5 Å². The summed E-state index contributed by atoms with van der Waals surface area (Å²) in [5.74, 6) is 0. The van der Waals surface area contributed by atoms with Crippen molar-refractivity contribution in [3.63, 3.8) is 0 Å². The van der Waals surface area contributed by atoms with Crippen molar-refractivity contribution in [2.45, 2.75) is 304 Å². The lowest BCUT2D eigenvalue weighted by Crippen LogP contribution is -2.43. The number of ether oxygens (including phenoxy) is 3. The van der Waals surface area contributed by atoms with Crippen LogP contribution < -0.4 is 5.32 Å². The molecule has 1 amide bonds. The summed E-state index contributed by atoms with van der Waals surface area (Å²) in [7, 11) is 1.76. The van der Waals surface area contributed by atoms with Gasteiger partial charge in [0.05, 0.1) is 17.8 Å². The fourth-order valence-corrected chi connectivity index (χ4v) is 9.04. The van der Waals surface area contributed by atoms with Crippen LogP contribution in [0.2, 0.25) is 0 Å². The molecule has 5 nitrogen and oxygen atoms in total. The number of carbonyl (C=O) groups excluding carboxylic acids is 1. The second-order valence-electron chi connectivity index (χ2n) is 20.6. The lowest BCUT2D eigenvalue weighted by atomic mass is 9.74. The molecule has 0 atom stereocenters. The van der Waals surface area contributed by atoms with Crippen LogP contribution in [0.3, 0.4) is 0 Å². The van der Waals surface area contributed by atoms with Gasteiger partial charge in [0.2, 0.25) is 0 Å². The maximum atomic E-state index is 13.4. The summed E-state index contributed by atoms with van der Waals surface area (Å²) in [6.07, 6.45) is 42.8. The molecule has 5 heteroatoms. The number of amides is 1. The van der Waals surface area contributed by atoms with E-state index in [9.17, 15) is 4.79 Å². The lowest BCUT2D eigenvalue weighted by molar-refractivity contribution is -0.0826. The van der Waals surface area contributed by atoms with Gasteiger partial charge in [0.15, 0.2) is 0 Å². The van der Waals surface area contributed by atoms with E-state index in [0.717, 1.165) is 32.1 Å². The predicted octanol–water partition coefficient (Wildman–Crippen LogP) is 17.0. The van der Waals surface area contributed by atoms with Gasteiger partial charge in [0.25, 0.3) is 0 Å². The van der Waals surface area contributed by atoms with Gasteiger partial charge in [-0.25, -0.2) is 4.79 Å². The van der Waals surface area contributed by atoms with E-state index in [0.29, 0.717) is 6.61 Å². The number of unbranched alkanes of at least 4 members (excludes halogenated alkanes) is 26. The van der Waals surface area contributed by atoms with E-state index in [-0.39, 0.29) is 28.8 Å². The molecular weight excluding hydrogens is 691 g/mol. The van der Waals surface area contributed by atoms with Crippen molar-refractivity contribution in [1.82, 2.24) is 5.32 Å². The maximum Gasteiger partial charge on any atom is 0.407 e. The Balaban J connectivity index is 4.74. The monoisotopic (exact) mass is 794 g/mol. The number of alkyl carbamates (subject to hydrolysis) is 1. The van der Waals surface area contributed by atoms with Crippen LogP contribution in [0.15, 0.2) is 0 Å². The fourth-order valence-electron chi connectivity index (χ4n) is 9.04. The zero-order valence-corrected chi connectivity index (χ0v) is 40.3. The summed E-state index contributed by atoms with van der Waals surface area (Å²) in [5, 5.41) is 3.35. The number of hydrogen-bond donors (Lipinski definition) is 1. The van der Waals surface area contributed by atoms with E-state index in [1.54, 1.807) is 7.11 Å². The highest BCUT2D eigenvalue weighted by molar-refractivity contribution is 5.68. The Morgan fingerprint density at radius 2 is 0.786 bits per heavy atom. The number of nitrogens with one attached hydrogen (secondary N) is 1. The van der Waals surface area contributed by atoms with Crippen molar-refractivity contribution < 1.29 is 19.0 Å². The van der Waals surface area contributed by atoms with E-state index in [2.05, 4.69) is 74.6 Å². The van der Waals surface area contributed by atoms with Gasteiger partial charge in [-0.2, -0.15) is 0 Å². The van der Waals surface area contributed by atoms with Gasteiger partial charge in [-0.15, -0.1) is 0 Å². The first-order valence-corrected chi connectivity index (χ1v) is 24.8. The van der Waals surface area contributed by atoms with Crippen molar-refractivity contribution in [3.8, 4) is 0 Å². The lowest BCUT2D eigenvalue weighted by Gasteiger charge is -2.40. The first kappa shape index (κ1) is 55.2. The number of carbonyl (C=O) groups is 1. The molecule has 0 aliphatic heterocycles. The first-order chi connectivity index (χ1) is 26.6. The Labute approximate surface area is 352 Å². The molecule has 0 bridgehead atoms. The van der Waals surface area contributed by atoms with Crippen LogP contribution >= 0.6 is 0 Å². The standard InChI is InChI=1S/C51H103NO4/c1-12-14-16-18-20-22-24-26-28-30-32-34-36-38-40-46(41-39-37-35-33-31-29-27-25-23-21-19-17-15-13-2)52-47(53)56-51(9,10)45-48(3,4)44-50(7,8)55-43-42-49(5,6)54-11/h46H,12-45H2,1-11H3,(H,52,53). The first-order valence-electron chi connectivity index (χ1n) is 24.8. The summed E-state index contributed by atoms with van der Waals surface area (Å²) in [5.41, 5.74) is -1.11. The Hall–Kier alpha value is -0.810. The summed E-state index contributed by atoms with van der Waals surface area (Å²) in [4.78, 5) is 13.4. The zero-order chi connectivity index (χ0) is 42.0. The third-order valence-electron chi connectivity index (χ3n) is 12.1. The van der Waals surface area contributed by atoms with E-state index in [1.165, 1.54) is 180 Å². The molecule has 0 unspecified atom stereocenters. The highest BCUT2D eigenvalue weighted by Gasteiger charge is 2.37.